The summed E-state index contributed by atoms with van der Waals surface area (Å²) in [6.07, 6.45) is -4.60. The van der Waals surface area contributed by atoms with Gasteiger partial charge in [-0.2, -0.15) is 0 Å². The zero-order valence-corrected chi connectivity index (χ0v) is 20.4. The third kappa shape index (κ3) is 5.36. The van der Waals surface area contributed by atoms with E-state index >= 15 is 8.78 Å². The predicted octanol–water partition coefficient (Wildman–Crippen LogP) is 3.22. The van der Waals surface area contributed by atoms with Crippen LogP contribution in [0.25, 0.3) is 0 Å². The van der Waals surface area contributed by atoms with E-state index < -0.39 is 59.1 Å². The first-order valence-electron chi connectivity index (χ1n) is 11.7. The molecule has 3 amide bonds. The van der Waals surface area contributed by atoms with Crippen molar-refractivity contribution in [2.24, 2.45) is 0 Å². The highest BCUT2D eigenvalue weighted by atomic mass is 19.4. The lowest BCUT2D eigenvalue weighted by Gasteiger charge is -2.23. The molecule has 3 atom stereocenters. The molecule has 0 spiro atoms. The molecule has 2 heterocycles. The van der Waals surface area contributed by atoms with E-state index in [1.807, 2.05) is 0 Å². The molecule has 13 heteroatoms. The number of carbonyl (C=O) groups excluding carboxylic acids is 3. The van der Waals surface area contributed by atoms with Gasteiger partial charge in [-0.25, -0.2) is 8.78 Å². The van der Waals surface area contributed by atoms with Crippen molar-refractivity contribution in [1.29, 1.82) is 0 Å². The Balaban J connectivity index is 1.64. The van der Waals surface area contributed by atoms with Gasteiger partial charge in [0.2, 0.25) is 11.8 Å². The van der Waals surface area contributed by atoms with Crippen molar-refractivity contribution in [3.8, 4) is 11.5 Å². The van der Waals surface area contributed by atoms with Crippen molar-refractivity contribution < 1.29 is 45.8 Å². The topological polar surface area (TPSA) is 88.2 Å². The number of carbonyl (C=O) groups is 3. The van der Waals surface area contributed by atoms with E-state index in [1.165, 1.54) is 12.0 Å². The molecule has 0 bridgehead atoms. The van der Waals surface area contributed by atoms with Crippen molar-refractivity contribution in [2.45, 2.75) is 37.7 Å². The summed E-state index contributed by atoms with van der Waals surface area (Å²) in [6, 6.07) is 3.54. The van der Waals surface area contributed by atoms with Gasteiger partial charge in [0, 0.05) is 48.8 Å². The smallest absolute Gasteiger partial charge is 0.497 e. The first kappa shape index (κ1) is 27.1. The van der Waals surface area contributed by atoms with Crippen LogP contribution in [0.15, 0.2) is 36.4 Å². The van der Waals surface area contributed by atoms with Crippen LogP contribution in [0.5, 0.6) is 11.5 Å². The molecule has 8 nitrogen and oxygen atoms in total. The second-order valence-corrected chi connectivity index (χ2v) is 8.85. The number of rotatable bonds is 7. The Morgan fingerprint density at radius 3 is 2.21 bits per heavy atom. The highest BCUT2D eigenvalue weighted by molar-refractivity contribution is 6.00. The minimum Gasteiger partial charge on any atom is -0.497 e. The molecule has 1 unspecified atom stereocenters. The average molecular weight is 541 g/mol. The highest BCUT2D eigenvalue weighted by Crippen LogP contribution is 2.37. The van der Waals surface area contributed by atoms with Crippen LogP contribution in [0.4, 0.5) is 22.0 Å². The lowest BCUT2D eigenvalue weighted by atomic mass is 9.92. The average Bonchev–Trinajstić information content (AvgIpc) is 3.37. The molecule has 2 aromatic rings. The van der Waals surface area contributed by atoms with E-state index in [1.54, 1.807) is 11.8 Å². The van der Waals surface area contributed by atoms with Crippen LogP contribution in [-0.4, -0.2) is 72.7 Å². The summed E-state index contributed by atoms with van der Waals surface area (Å²) < 4.78 is 76.1. The predicted molar refractivity (Wildman–Crippen MR) is 122 cm³/mol. The summed E-state index contributed by atoms with van der Waals surface area (Å²) in [5.74, 6) is -5.71. The SMILES string of the molecule is CCN1CCC(N2C[C@@H](c3c(F)cc(OC)cc3F)[C@H](NC(=O)c3ccc(OC(F)(F)F)cc3)C2=O)C1=O. The lowest BCUT2D eigenvalue weighted by Crippen LogP contribution is -2.47. The van der Waals surface area contributed by atoms with Gasteiger partial charge in [-0.3, -0.25) is 14.4 Å². The number of ether oxygens (including phenoxy) is 2. The van der Waals surface area contributed by atoms with Gasteiger partial charge in [0.15, 0.2) is 0 Å². The summed E-state index contributed by atoms with van der Waals surface area (Å²) in [5, 5.41) is 2.46. The first-order chi connectivity index (χ1) is 17.9. The number of methoxy groups -OCH3 is 1. The van der Waals surface area contributed by atoms with Crippen molar-refractivity contribution in [3.63, 3.8) is 0 Å². The molecule has 2 aliphatic heterocycles. The van der Waals surface area contributed by atoms with Crippen LogP contribution < -0.4 is 14.8 Å². The monoisotopic (exact) mass is 541 g/mol. The zero-order chi connectivity index (χ0) is 27.8. The summed E-state index contributed by atoms with van der Waals surface area (Å²) in [4.78, 5) is 42.0. The molecule has 2 aliphatic rings. The Bertz CT molecular complexity index is 1210. The quantitative estimate of drug-likeness (QED) is 0.544. The van der Waals surface area contributed by atoms with Gasteiger partial charge >= 0.3 is 6.36 Å². The van der Waals surface area contributed by atoms with Crippen LogP contribution in [0.3, 0.4) is 0 Å². The molecular formula is C25H24F5N3O5. The second-order valence-electron chi connectivity index (χ2n) is 8.85. The maximum absolute atomic E-state index is 15.0. The third-order valence-corrected chi connectivity index (χ3v) is 6.67. The fourth-order valence-corrected chi connectivity index (χ4v) is 4.85. The van der Waals surface area contributed by atoms with Crippen molar-refractivity contribution in [1.82, 2.24) is 15.1 Å². The fraction of sp³-hybridized carbons (Fsp3) is 0.400. The van der Waals surface area contributed by atoms with Gasteiger partial charge in [0.25, 0.3) is 5.91 Å². The van der Waals surface area contributed by atoms with Gasteiger partial charge in [0.1, 0.15) is 35.2 Å². The number of alkyl halides is 3. The summed E-state index contributed by atoms with van der Waals surface area (Å²) in [5.41, 5.74) is -0.576. The minimum absolute atomic E-state index is 0.0868. The van der Waals surface area contributed by atoms with Gasteiger partial charge < -0.3 is 24.6 Å². The Kier molecular flexibility index (Phi) is 7.47. The number of likely N-dealkylation sites (tertiary alicyclic amines) is 2. The normalized spacial score (nSPS) is 21.7. The van der Waals surface area contributed by atoms with Crippen LogP contribution >= 0.6 is 0 Å². The van der Waals surface area contributed by atoms with Crippen LogP contribution in [0.2, 0.25) is 0 Å². The van der Waals surface area contributed by atoms with E-state index in [4.69, 9.17) is 4.74 Å². The second kappa shape index (κ2) is 10.5. The largest absolute Gasteiger partial charge is 0.573 e. The van der Waals surface area contributed by atoms with Crippen LogP contribution in [0.1, 0.15) is 35.2 Å². The molecule has 2 saturated heterocycles. The maximum Gasteiger partial charge on any atom is 0.573 e. The van der Waals surface area contributed by atoms with Gasteiger partial charge in [-0.05, 0) is 37.6 Å². The lowest BCUT2D eigenvalue weighted by molar-refractivity contribution is -0.274. The molecule has 0 saturated carbocycles. The number of likely N-dealkylation sites (N-methyl/N-ethyl adjacent to an activating group) is 1. The van der Waals surface area contributed by atoms with Gasteiger partial charge in [-0.1, -0.05) is 0 Å². The Morgan fingerprint density at radius 2 is 1.68 bits per heavy atom. The number of amides is 3. The molecule has 0 aromatic heterocycles. The summed E-state index contributed by atoms with van der Waals surface area (Å²) in [7, 11) is 1.23. The minimum atomic E-state index is -4.92. The zero-order valence-electron chi connectivity index (χ0n) is 20.4. The van der Waals surface area contributed by atoms with E-state index in [0.717, 1.165) is 36.4 Å². The number of nitrogens with zero attached hydrogens (tertiary/aromatic N) is 2. The molecule has 2 aromatic carbocycles. The molecule has 0 radical (unpaired) electrons. The Hall–Kier alpha value is -3.90. The summed E-state index contributed by atoms with van der Waals surface area (Å²) >= 11 is 0. The Morgan fingerprint density at radius 1 is 1.05 bits per heavy atom. The molecule has 2 fully saturated rings. The molecule has 1 N–H and O–H groups in total. The van der Waals surface area contributed by atoms with E-state index in [-0.39, 0.29) is 23.8 Å². The number of hydrogen-bond acceptors (Lipinski definition) is 5. The number of nitrogens with one attached hydrogen (secondary N) is 1. The van der Waals surface area contributed by atoms with Gasteiger partial charge in [-0.15, -0.1) is 13.2 Å². The molecule has 204 valence electrons. The molecule has 0 aliphatic carbocycles. The summed E-state index contributed by atoms with van der Waals surface area (Å²) in [6.45, 7) is 2.38. The molecule has 38 heavy (non-hydrogen) atoms. The standard InChI is InChI=1S/C25H24F5N3O5/c1-3-32-9-8-19(23(32)35)33-12-16(20-17(26)10-15(37-2)11-18(20)27)21(24(33)36)31-22(34)13-4-6-14(7-5-13)38-25(28,29)30/h4-7,10-11,16,19,21H,3,8-9,12H2,1-2H3,(H,31,34)/t16-,19?,21-/m0/s1. The van der Waals surface area contributed by atoms with E-state index in [0.29, 0.717) is 19.5 Å². The first-order valence-corrected chi connectivity index (χ1v) is 11.7. The van der Waals surface area contributed by atoms with Crippen LogP contribution in [0, 0.1) is 11.6 Å². The van der Waals surface area contributed by atoms with E-state index in [9.17, 15) is 27.6 Å². The van der Waals surface area contributed by atoms with Crippen molar-refractivity contribution in [2.75, 3.05) is 26.7 Å². The Labute approximate surface area is 214 Å². The van der Waals surface area contributed by atoms with Crippen molar-refractivity contribution >= 4 is 17.7 Å². The van der Waals surface area contributed by atoms with Gasteiger partial charge in [0.05, 0.1) is 7.11 Å². The number of hydrogen-bond donors (Lipinski definition) is 1. The maximum atomic E-state index is 15.0. The molecular weight excluding hydrogens is 517 g/mol. The van der Waals surface area contributed by atoms with E-state index in [2.05, 4.69) is 10.1 Å². The van der Waals surface area contributed by atoms with Crippen LogP contribution in [-0.2, 0) is 9.59 Å². The van der Waals surface area contributed by atoms with Crippen molar-refractivity contribution in [3.05, 3.63) is 59.2 Å². The highest BCUT2D eigenvalue weighted by Gasteiger charge is 2.50. The molecule has 4 rings (SSSR count). The number of halogens is 5. The number of benzene rings is 2. The fourth-order valence-electron chi connectivity index (χ4n) is 4.85. The third-order valence-electron chi connectivity index (χ3n) is 6.67.